The fourth-order valence-corrected chi connectivity index (χ4v) is 1.61. The summed E-state index contributed by atoms with van der Waals surface area (Å²) >= 11 is 5.75. The van der Waals surface area contributed by atoms with E-state index < -0.39 is 17.9 Å². The molecule has 1 aromatic rings. The van der Waals surface area contributed by atoms with E-state index in [0.717, 1.165) is 0 Å². The molecule has 0 radical (unpaired) electrons. The standard InChI is InChI=1S/C12H14ClNO4/c1-8(12(17)18)6-14(7-11(15)16)10-4-2-9(13)3-5-10/h2-5,8H,6-7H2,1H3,(H,15,16)(H,17,18)/t8-/m0/s1. The van der Waals surface area contributed by atoms with Crippen molar-refractivity contribution in [3.05, 3.63) is 29.3 Å². The molecule has 0 aromatic heterocycles. The summed E-state index contributed by atoms with van der Waals surface area (Å²) in [5.41, 5.74) is 0.634. The summed E-state index contributed by atoms with van der Waals surface area (Å²) in [6, 6.07) is 6.61. The van der Waals surface area contributed by atoms with Crippen molar-refractivity contribution in [1.82, 2.24) is 0 Å². The van der Waals surface area contributed by atoms with Crippen LogP contribution >= 0.6 is 11.6 Å². The Morgan fingerprint density at radius 2 is 1.83 bits per heavy atom. The number of anilines is 1. The molecule has 0 bridgehead atoms. The van der Waals surface area contributed by atoms with Crippen molar-refractivity contribution in [3.8, 4) is 0 Å². The zero-order chi connectivity index (χ0) is 13.7. The second-order valence-electron chi connectivity index (χ2n) is 3.99. The number of aliphatic carboxylic acids is 2. The van der Waals surface area contributed by atoms with Gasteiger partial charge in [0.1, 0.15) is 6.54 Å². The fourth-order valence-electron chi connectivity index (χ4n) is 1.49. The van der Waals surface area contributed by atoms with E-state index in [0.29, 0.717) is 10.7 Å². The molecule has 0 heterocycles. The van der Waals surface area contributed by atoms with E-state index >= 15 is 0 Å². The molecule has 0 amide bonds. The Kier molecular flexibility index (Phi) is 4.97. The maximum Gasteiger partial charge on any atom is 0.323 e. The lowest BCUT2D eigenvalue weighted by atomic mass is 10.1. The van der Waals surface area contributed by atoms with Gasteiger partial charge < -0.3 is 15.1 Å². The Morgan fingerprint density at radius 3 is 2.28 bits per heavy atom. The molecule has 0 unspecified atom stereocenters. The molecule has 1 atom stereocenters. The van der Waals surface area contributed by atoms with Crippen LogP contribution < -0.4 is 4.90 Å². The minimum atomic E-state index is -1.01. The number of rotatable bonds is 6. The molecule has 0 saturated carbocycles. The first-order valence-electron chi connectivity index (χ1n) is 5.35. The molecule has 0 saturated heterocycles. The lowest BCUT2D eigenvalue weighted by molar-refractivity contribution is -0.141. The molecular weight excluding hydrogens is 258 g/mol. The Balaban J connectivity index is 2.87. The first kappa shape index (κ1) is 14.3. The summed E-state index contributed by atoms with van der Waals surface area (Å²) in [5, 5.41) is 18.2. The Bertz CT molecular complexity index is 432. The monoisotopic (exact) mass is 271 g/mol. The molecule has 0 fully saturated rings. The lowest BCUT2D eigenvalue weighted by Crippen LogP contribution is -2.35. The smallest absolute Gasteiger partial charge is 0.323 e. The first-order valence-corrected chi connectivity index (χ1v) is 5.73. The van der Waals surface area contributed by atoms with Gasteiger partial charge in [-0.1, -0.05) is 18.5 Å². The summed E-state index contributed by atoms with van der Waals surface area (Å²) in [7, 11) is 0. The van der Waals surface area contributed by atoms with Crippen LogP contribution in [-0.4, -0.2) is 35.2 Å². The molecule has 98 valence electrons. The number of hydrogen-bond acceptors (Lipinski definition) is 3. The topological polar surface area (TPSA) is 77.8 Å². The van der Waals surface area contributed by atoms with Crippen molar-refractivity contribution >= 4 is 29.2 Å². The second kappa shape index (κ2) is 6.26. The van der Waals surface area contributed by atoms with Gasteiger partial charge in [-0.15, -0.1) is 0 Å². The van der Waals surface area contributed by atoms with E-state index in [-0.39, 0.29) is 13.1 Å². The zero-order valence-corrected chi connectivity index (χ0v) is 10.6. The maximum absolute atomic E-state index is 10.8. The number of carboxylic acids is 2. The van der Waals surface area contributed by atoms with Gasteiger partial charge in [0, 0.05) is 17.3 Å². The van der Waals surface area contributed by atoms with Crippen molar-refractivity contribution in [2.24, 2.45) is 5.92 Å². The van der Waals surface area contributed by atoms with Gasteiger partial charge in [-0.3, -0.25) is 9.59 Å². The molecule has 1 rings (SSSR count). The molecule has 6 heteroatoms. The van der Waals surface area contributed by atoms with Crippen LogP contribution in [0, 0.1) is 5.92 Å². The minimum absolute atomic E-state index is 0.128. The van der Waals surface area contributed by atoms with E-state index in [1.807, 2.05) is 0 Å². The van der Waals surface area contributed by atoms with Gasteiger partial charge >= 0.3 is 11.9 Å². The third-order valence-electron chi connectivity index (χ3n) is 2.43. The van der Waals surface area contributed by atoms with E-state index in [2.05, 4.69) is 0 Å². The van der Waals surface area contributed by atoms with Crippen molar-refractivity contribution in [2.45, 2.75) is 6.92 Å². The molecule has 1 aromatic carbocycles. The average Bonchev–Trinajstić information content (AvgIpc) is 2.28. The van der Waals surface area contributed by atoms with Crippen molar-refractivity contribution in [3.63, 3.8) is 0 Å². The van der Waals surface area contributed by atoms with Crippen LogP contribution in [0.2, 0.25) is 5.02 Å². The Hall–Kier alpha value is -1.75. The third-order valence-corrected chi connectivity index (χ3v) is 2.69. The largest absolute Gasteiger partial charge is 0.481 e. The number of halogens is 1. The number of hydrogen-bond donors (Lipinski definition) is 2. The normalized spacial score (nSPS) is 11.9. The van der Waals surface area contributed by atoms with Gasteiger partial charge in [-0.2, -0.15) is 0 Å². The Labute approximate surface area is 110 Å². The number of nitrogens with zero attached hydrogens (tertiary/aromatic N) is 1. The second-order valence-corrected chi connectivity index (χ2v) is 4.43. The number of carbonyl (C=O) groups is 2. The molecule has 0 aliphatic heterocycles. The highest BCUT2D eigenvalue weighted by atomic mass is 35.5. The predicted molar refractivity (Wildman–Crippen MR) is 68.1 cm³/mol. The summed E-state index contributed by atoms with van der Waals surface area (Å²) in [5.74, 6) is -2.62. The molecule has 18 heavy (non-hydrogen) atoms. The SMILES string of the molecule is C[C@@H](CN(CC(=O)O)c1ccc(Cl)cc1)C(=O)O. The van der Waals surface area contributed by atoms with Crippen LogP contribution in [0.15, 0.2) is 24.3 Å². The highest BCUT2D eigenvalue weighted by Crippen LogP contribution is 2.19. The maximum atomic E-state index is 10.8. The van der Waals surface area contributed by atoms with E-state index in [9.17, 15) is 9.59 Å². The first-order chi connectivity index (χ1) is 8.40. The zero-order valence-electron chi connectivity index (χ0n) is 9.84. The summed E-state index contributed by atoms with van der Waals surface area (Å²) in [6.45, 7) is 1.41. The third kappa shape index (κ3) is 4.25. The summed E-state index contributed by atoms with van der Waals surface area (Å²) in [4.78, 5) is 23.1. The van der Waals surface area contributed by atoms with Gasteiger partial charge in [0.2, 0.25) is 0 Å². The molecular formula is C12H14ClNO4. The molecule has 0 aliphatic rings. The van der Waals surface area contributed by atoms with Crippen LogP contribution in [0.3, 0.4) is 0 Å². The van der Waals surface area contributed by atoms with Gasteiger partial charge in [0.25, 0.3) is 0 Å². The van der Waals surface area contributed by atoms with Crippen LogP contribution in [0.25, 0.3) is 0 Å². The summed E-state index contributed by atoms with van der Waals surface area (Å²) < 4.78 is 0. The van der Waals surface area contributed by atoms with Crippen molar-refractivity contribution < 1.29 is 19.8 Å². The average molecular weight is 272 g/mol. The van der Waals surface area contributed by atoms with E-state index in [1.165, 1.54) is 11.8 Å². The van der Waals surface area contributed by atoms with Crippen molar-refractivity contribution in [1.29, 1.82) is 0 Å². The van der Waals surface area contributed by atoms with Gasteiger partial charge in [0.15, 0.2) is 0 Å². The molecule has 5 nitrogen and oxygen atoms in total. The van der Waals surface area contributed by atoms with Crippen LogP contribution in [0.1, 0.15) is 6.92 Å². The van der Waals surface area contributed by atoms with E-state index in [1.54, 1.807) is 24.3 Å². The van der Waals surface area contributed by atoms with Gasteiger partial charge in [-0.05, 0) is 24.3 Å². The van der Waals surface area contributed by atoms with Crippen molar-refractivity contribution in [2.75, 3.05) is 18.0 Å². The fraction of sp³-hybridized carbons (Fsp3) is 0.333. The highest BCUT2D eigenvalue weighted by molar-refractivity contribution is 6.30. The predicted octanol–water partition coefficient (Wildman–Crippen LogP) is 1.95. The lowest BCUT2D eigenvalue weighted by Gasteiger charge is -2.24. The quantitative estimate of drug-likeness (QED) is 0.827. The number of benzene rings is 1. The molecule has 0 spiro atoms. The van der Waals surface area contributed by atoms with Gasteiger partial charge in [0.05, 0.1) is 5.92 Å². The summed E-state index contributed by atoms with van der Waals surface area (Å²) in [6.07, 6.45) is 0. The van der Waals surface area contributed by atoms with Crippen LogP contribution in [-0.2, 0) is 9.59 Å². The number of carboxylic acid groups (broad SMARTS) is 2. The van der Waals surface area contributed by atoms with E-state index in [4.69, 9.17) is 21.8 Å². The molecule has 0 aliphatic carbocycles. The highest BCUT2D eigenvalue weighted by Gasteiger charge is 2.18. The van der Waals surface area contributed by atoms with Gasteiger partial charge in [-0.25, -0.2) is 0 Å². The Morgan fingerprint density at radius 1 is 1.28 bits per heavy atom. The van der Waals surface area contributed by atoms with Crippen LogP contribution in [0.4, 0.5) is 5.69 Å². The minimum Gasteiger partial charge on any atom is -0.481 e. The molecule has 2 N–H and O–H groups in total. The van der Waals surface area contributed by atoms with Crippen LogP contribution in [0.5, 0.6) is 0 Å².